The molecule has 74 valence electrons. The van der Waals surface area contributed by atoms with Crippen LogP contribution >= 0.6 is 12.4 Å². The molecule has 0 aromatic carbocycles. The Morgan fingerprint density at radius 1 is 1.46 bits per heavy atom. The number of anilines is 1. The Morgan fingerprint density at radius 2 is 2.23 bits per heavy atom. The zero-order valence-electron chi connectivity index (χ0n) is 7.69. The van der Waals surface area contributed by atoms with Crippen molar-refractivity contribution in [2.45, 2.75) is 19.8 Å². The predicted octanol–water partition coefficient (Wildman–Crippen LogP) is 2.26. The number of hydrogen-bond donors (Lipinski definition) is 1. The monoisotopic (exact) mass is 202 g/mol. The molecule has 1 aromatic heterocycles. The molecule has 2 N–H and O–H groups in total. The first-order valence-corrected chi connectivity index (χ1v) is 4.17. The zero-order chi connectivity index (χ0) is 8.81. The predicted molar refractivity (Wildman–Crippen MR) is 56.3 cm³/mol. The van der Waals surface area contributed by atoms with Crippen LogP contribution in [0.3, 0.4) is 0 Å². The molecular weight excluding hydrogens is 188 g/mol. The molecule has 0 aliphatic rings. The third-order valence-corrected chi connectivity index (χ3v) is 1.51. The van der Waals surface area contributed by atoms with Crippen LogP contribution in [0.25, 0.3) is 0 Å². The molecule has 0 radical (unpaired) electrons. The van der Waals surface area contributed by atoms with Crippen LogP contribution in [0, 0.1) is 0 Å². The smallest absolute Gasteiger partial charge is 0.213 e. The first-order valence-electron chi connectivity index (χ1n) is 4.17. The average molecular weight is 203 g/mol. The molecular formula is C9H15ClN2O. The van der Waals surface area contributed by atoms with Gasteiger partial charge in [-0.25, -0.2) is 4.98 Å². The summed E-state index contributed by atoms with van der Waals surface area (Å²) in [5.41, 5.74) is 6.13. The van der Waals surface area contributed by atoms with Gasteiger partial charge in [0.05, 0.1) is 18.5 Å². The quantitative estimate of drug-likeness (QED) is 0.762. The van der Waals surface area contributed by atoms with Gasteiger partial charge in [-0.2, -0.15) is 0 Å². The van der Waals surface area contributed by atoms with Crippen molar-refractivity contribution in [3.63, 3.8) is 0 Å². The van der Waals surface area contributed by atoms with E-state index in [1.807, 2.05) is 0 Å². The van der Waals surface area contributed by atoms with Crippen molar-refractivity contribution in [1.82, 2.24) is 4.98 Å². The molecule has 1 rings (SSSR count). The summed E-state index contributed by atoms with van der Waals surface area (Å²) in [5.74, 6) is 0.651. The second kappa shape index (κ2) is 6.54. The first-order chi connectivity index (χ1) is 5.83. The van der Waals surface area contributed by atoms with E-state index >= 15 is 0 Å². The summed E-state index contributed by atoms with van der Waals surface area (Å²) >= 11 is 0. The Balaban J connectivity index is 0.00000144. The Morgan fingerprint density at radius 3 is 2.77 bits per heavy atom. The topological polar surface area (TPSA) is 48.1 Å². The summed E-state index contributed by atoms with van der Waals surface area (Å²) < 4.78 is 5.33. The van der Waals surface area contributed by atoms with Gasteiger partial charge in [0.15, 0.2) is 0 Å². The standard InChI is InChI=1S/C9H14N2O.ClH/c1-2-3-6-12-9-5-4-8(10)7-11-9;/h4-5,7H,2-3,6,10H2,1H3;1H. The van der Waals surface area contributed by atoms with E-state index in [0.29, 0.717) is 11.6 Å². The molecule has 0 aliphatic heterocycles. The van der Waals surface area contributed by atoms with Gasteiger partial charge in [0, 0.05) is 6.07 Å². The zero-order valence-corrected chi connectivity index (χ0v) is 8.51. The van der Waals surface area contributed by atoms with Crippen molar-refractivity contribution in [1.29, 1.82) is 0 Å². The highest BCUT2D eigenvalue weighted by Gasteiger charge is 1.92. The first kappa shape index (κ1) is 12.0. The highest BCUT2D eigenvalue weighted by molar-refractivity contribution is 5.85. The van der Waals surface area contributed by atoms with Gasteiger partial charge in [0.1, 0.15) is 0 Å². The fraction of sp³-hybridized carbons (Fsp3) is 0.444. The maximum Gasteiger partial charge on any atom is 0.213 e. The molecule has 0 unspecified atom stereocenters. The van der Waals surface area contributed by atoms with Crippen LogP contribution in [0.2, 0.25) is 0 Å². The largest absolute Gasteiger partial charge is 0.478 e. The van der Waals surface area contributed by atoms with E-state index in [-0.39, 0.29) is 12.4 Å². The Bertz CT molecular complexity index is 226. The van der Waals surface area contributed by atoms with E-state index in [4.69, 9.17) is 10.5 Å². The van der Waals surface area contributed by atoms with E-state index in [1.165, 1.54) is 0 Å². The molecule has 0 atom stereocenters. The maximum absolute atomic E-state index is 5.46. The van der Waals surface area contributed by atoms with Crippen molar-refractivity contribution in [2.24, 2.45) is 0 Å². The van der Waals surface area contributed by atoms with Gasteiger partial charge in [-0.05, 0) is 12.5 Å². The third kappa shape index (κ3) is 4.58. The molecule has 0 aliphatic carbocycles. The van der Waals surface area contributed by atoms with Gasteiger partial charge >= 0.3 is 0 Å². The number of nitrogens with two attached hydrogens (primary N) is 1. The summed E-state index contributed by atoms with van der Waals surface area (Å²) in [6.45, 7) is 2.85. The number of nitrogen functional groups attached to an aromatic ring is 1. The lowest BCUT2D eigenvalue weighted by Crippen LogP contribution is -1.98. The van der Waals surface area contributed by atoms with Gasteiger partial charge in [0.25, 0.3) is 0 Å². The number of nitrogens with zero attached hydrogens (tertiary/aromatic N) is 1. The van der Waals surface area contributed by atoms with Crippen LogP contribution in [-0.2, 0) is 0 Å². The number of halogens is 1. The highest BCUT2D eigenvalue weighted by atomic mass is 35.5. The van der Waals surface area contributed by atoms with E-state index in [9.17, 15) is 0 Å². The van der Waals surface area contributed by atoms with E-state index < -0.39 is 0 Å². The van der Waals surface area contributed by atoms with Crippen molar-refractivity contribution < 1.29 is 4.74 Å². The molecule has 0 amide bonds. The van der Waals surface area contributed by atoms with Gasteiger partial charge in [0.2, 0.25) is 5.88 Å². The minimum absolute atomic E-state index is 0. The van der Waals surface area contributed by atoms with E-state index in [0.717, 1.165) is 19.4 Å². The fourth-order valence-corrected chi connectivity index (χ4v) is 0.798. The number of ether oxygens (including phenoxy) is 1. The number of aromatic nitrogens is 1. The highest BCUT2D eigenvalue weighted by Crippen LogP contribution is 2.08. The molecule has 0 spiro atoms. The Hall–Kier alpha value is -0.960. The number of hydrogen-bond acceptors (Lipinski definition) is 3. The normalized spacial score (nSPS) is 9.00. The molecule has 0 saturated carbocycles. The second-order valence-corrected chi connectivity index (χ2v) is 2.63. The van der Waals surface area contributed by atoms with Crippen molar-refractivity contribution in [3.05, 3.63) is 18.3 Å². The average Bonchev–Trinajstić information content (AvgIpc) is 2.09. The minimum Gasteiger partial charge on any atom is -0.478 e. The van der Waals surface area contributed by atoms with Crippen molar-refractivity contribution in [2.75, 3.05) is 12.3 Å². The Labute approximate surface area is 84.7 Å². The molecule has 1 aromatic rings. The molecule has 3 nitrogen and oxygen atoms in total. The van der Waals surface area contributed by atoms with Crippen LogP contribution in [-0.4, -0.2) is 11.6 Å². The number of pyridine rings is 1. The summed E-state index contributed by atoms with van der Waals surface area (Å²) in [6.07, 6.45) is 3.79. The second-order valence-electron chi connectivity index (χ2n) is 2.63. The van der Waals surface area contributed by atoms with Gasteiger partial charge < -0.3 is 10.5 Å². The lowest BCUT2D eigenvalue weighted by atomic mass is 10.4. The van der Waals surface area contributed by atoms with Crippen LogP contribution in [0.15, 0.2) is 18.3 Å². The van der Waals surface area contributed by atoms with Gasteiger partial charge in [-0.3, -0.25) is 0 Å². The molecule has 1 heterocycles. The Kier molecular flexibility index (Phi) is 6.06. The van der Waals surface area contributed by atoms with Crippen LogP contribution in [0.4, 0.5) is 5.69 Å². The number of unbranched alkanes of at least 4 members (excludes halogenated alkanes) is 1. The van der Waals surface area contributed by atoms with Crippen molar-refractivity contribution in [3.8, 4) is 5.88 Å². The lowest BCUT2D eigenvalue weighted by molar-refractivity contribution is 0.298. The van der Waals surface area contributed by atoms with Crippen LogP contribution < -0.4 is 10.5 Å². The lowest BCUT2D eigenvalue weighted by Gasteiger charge is -2.03. The molecule has 0 fully saturated rings. The van der Waals surface area contributed by atoms with Gasteiger partial charge in [-0.15, -0.1) is 12.4 Å². The number of rotatable bonds is 4. The SMILES string of the molecule is CCCCOc1ccc(N)cn1.Cl. The molecule has 13 heavy (non-hydrogen) atoms. The third-order valence-electron chi connectivity index (χ3n) is 1.51. The molecule has 0 bridgehead atoms. The maximum atomic E-state index is 5.46. The van der Waals surface area contributed by atoms with Crippen molar-refractivity contribution >= 4 is 18.1 Å². The fourth-order valence-electron chi connectivity index (χ4n) is 0.798. The van der Waals surface area contributed by atoms with Crippen LogP contribution in [0.1, 0.15) is 19.8 Å². The summed E-state index contributed by atoms with van der Waals surface area (Å²) in [7, 11) is 0. The molecule has 4 heteroatoms. The van der Waals surface area contributed by atoms with E-state index in [1.54, 1.807) is 18.3 Å². The summed E-state index contributed by atoms with van der Waals surface area (Å²) in [6, 6.07) is 3.57. The summed E-state index contributed by atoms with van der Waals surface area (Å²) in [5, 5.41) is 0. The van der Waals surface area contributed by atoms with Crippen LogP contribution in [0.5, 0.6) is 5.88 Å². The molecule has 0 saturated heterocycles. The van der Waals surface area contributed by atoms with Gasteiger partial charge in [-0.1, -0.05) is 13.3 Å². The summed E-state index contributed by atoms with van der Waals surface area (Å²) in [4.78, 5) is 4.00. The minimum atomic E-state index is 0. The van der Waals surface area contributed by atoms with E-state index in [2.05, 4.69) is 11.9 Å².